The molecular formula is C21H21FN4O. The second-order valence-corrected chi connectivity index (χ2v) is 6.25. The van der Waals surface area contributed by atoms with Gasteiger partial charge in [0, 0.05) is 23.4 Å². The van der Waals surface area contributed by atoms with Gasteiger partial charge >= 0.3 is 0 Å². The molecule has 27 heavy (non-hydrogen) atoms. The Bertz CT molecular complexity index is 930. The Morgan fingerprint density at radius 2 is 1.85 bits per heavy atom. The summed E-state index contributed by atoms with van der Waals surface area (Å²) in [7, 11) is 0. The summed E-state index contributed by atoms with van der Waals surface area (Å²) in [5.41, 5.74) is 1.59. The van der Waals surface area contributed by atoms with Gasteiger partial charge in [0.2, 0.25) is 0 Å². The molecule has 0 aliphatic heterocycles. The Labute approximate surface area is 157 Å². The maximum absolute atomic E-state index is 13.5. The largest absolute Gasteiger partial charge is 0.348 e. The van der Waals surface area contributed by atoms with E-state index in [0.29, 0.717) is 17.3 Å². The zero-order chi connectivity index (χ0) is 19.2. The van der Waals surface area contributed by atoms with E-state index in [4.69, 9.17) is 0 Å². The highest BCUT2D eigenvalue weighted by atomic mass is 19.1. The van der Waals surface area contributed by atoms with Crippen molar-refractivity contribution in [2.75, 3.05) is 5.32 Å². The Morgan fingerprint density at radius 3 is 2.56 bits per heavy atom. The molecule has 0 saturated heterocycles. The fraction of sp³-hybridized carbons (Fsp3) is 0.190. The van der Waals surface area contributed by atoms with Crippen LogP contribution in [-0.4, -0.2) is 21.9 Å². The van der Waals surface area contributed by atoms with Crippen LogP contribution in [0.15, 0.2) is 60.7 Å². The Kier molecular flexibility index (Phi) is 5.76. The number of nitrogens with one attached hydrogen (secondary N) is 2. The molecule has 1 amide bonds. The minimum atomic E-state index is -0.355. The molecule has 0 aliphatic carbocycles. The first kappa shape index (κ1) is 18.5. The lowest BCUT2D eigenvalue weighted by Crippen LogP contribution is -2.32. The number of hydrogen-bond donors (Lipinski definition) is 2. The zero-order valence-electron chi connectivity index (χ0n) is 15.2. The molecule has 6 heteroatoms. The molecule has 0 fully saturated rings. The third-order valence-electron chi connectivity index (χ3n) is 4.08. The zero-order valence-corrected chi connectivity index (χ0v) is 15.2. The Hall–Kier alpha value is -3.28. The van der Waals surface area contributed by atoms with Crippen molar-refractivity contribution in [3.8, 4) is 11.4 Å². The molecular weight excluding hydrogens is 343 g/mol. The summed E-state index contributed by atoms with van der Waals surface area (Å²) in [5.74, 6) is 0.216. The number of carbonyl (C=O) groups excluding carboxylic acids is 1. The lowest BCUT2D eigenvalue weighted by molar-refractivity contribution is 0.0934. The molecule has 0 saturated carbocycles. The van der Waals surface area contributed by atoms with Crippen LogP contribution >= 0.6 is 0 Å². The van der Waals surface area contributed by atoms with E-state index in [1.54, 1.807) is 18.2 Å². The molecule has 0 spiro atoms. The van der Waals surface area contributed by atoms with Gasteiger partial charge in [0.05, 0.1) is 0 Å². The monoisotopic (exact) mass is 364 g/mol. The maximum Gasteiger partial charge on any atom is 0.270 e. The van der Waals surface area contributed by atoms with Gasteiger partial charge in [0.25, 0.3) is 5.91 Å². The van der Waals surface area contributed by atoms with Crippen LogP contribution in [0.2, 0.25) is 0 Å². The number of anilines is 2. The first-order valence-corrected chi connectivity index (χ1v) is 8.83. The van der Waals surface area contributed by atoms with Gasteiger partial charge in [-0.1, -0.05) is 43.3 Å². The number of aromatic nitrogens is 2. The summed E-state index contributed by atoms with van der Waals surface area (Å²) in [6.07, 6.45) is 0.816. The van der Waals surface area contributed by atoms with E-state index in [0.717, 1.165) is 12.0 Å². The molecule has 1 atom stereocenters. The SMILES string of the molecule is CCC(C)NC(=O)c1cc(Nc2cccc(F)c2)nc(-c2ccccc2)n1. The van der Waals surface area contributed by atoms with Crippen molar-refractivity contribution in [3.05, 3.63) is 72.2 Å². The average molecular weight is 364 g/mol. The summed E-state index contributed by atoms with van der Waals surface area (Å²) in [6, 6.07) is 17.1. The lowest BCUT2D eigenvalue weighted by atomic mass is 10.2. The predicted molar refractivity (Wildman–Crippen MR) is 104 cm³/mol. The molecule has 138 valence electrons. The van der Waals surface area contributed by atoms with Crippen molar-refractivity contribution in [1.29, 1.82) is 0 Å². The number of benzene rings is 2. The molecule has 1 aromatic heterocycles. The van der Waals surface area contributed by atoms with Gasteiger partial charge in [-0.2, -0.15) is 0 Å². The highest BCUT2D eigenvalue weighted by Crippen LogP contribution is 2.21. The van der Waals surface area contributed by atoms with E-state index in [9.17, 15) is 9.18 Å². The van der Waals surface area contributed by atoms with E-state index in [2.05, 4.69) is 20.6 Å². The number of halogens is 1. The van der Waals surface area contributed by atoms with Crippen LogP contribution in [0.4, 0.5) is 15.9 Å². The van der Waals surface area contributed by atoms with Crippen molar-refractivity contribution >= 4 is 17.4 Å². The van der Waals surface area contributed by atoms with Crippen molar-refractivity contribution in [1.82, 2.24) is 15.3 Å². The molecule has 1 unspecified atom stereocenters. The van der Waals surface area contributed by atoms with Crippen LogP contribution in [0.3, 0.4) is 0 Å². The van der Waals surface area contributed by atoms with Gasteiger partial charge in [0.15, 0.2) is 5.82 Å². The first-order valence-electron chi connectivity index (χ1n) is 8.83. The average Bonchev–Trinajstić information content (AvgIpc) is 2.68. The summed E-state index contributed by atoms with van der Waals surface area (Å²) >= 11 is 0. The van der Waals surface area contributed by atoms with Crippen LogP contribution in [0.1, 0.15) is 30.8 Å². The summed E-state index contributed by atoms with van der Waals surface area (Å²) in [4.78, 5) is 21.5. The van der Waals surface area contributed by atoms with E-state index >= 15 is 0 Å². The molecule has 0 radical (unpaired) electrons. The molecule has 2 aromatic carbocycles. The molecule has 3 rings (SSSR count). The standard InChI is InChI=1S/C21H21FN4O/c1-3-14(2)23-21(27)18-13-19(24-17-11-7-10-16(22)12-17)26-20(25-18)15-8-5-4-6-9-15/h4-14H,3H2,1-2H3,(H,23,27)(H,24,25,26). The van der Waals surface area contributed by atoms with Crippen LogP contribution in [0, 0.1) is 5.82 Å². The van der Waals surface area contributed by atoms with Gasteiger partial charge in [-0.15, -0.1) is 0 Å². The minimum Gasteiger partial charge on any atom is -0.348 e. The van der Waals surface area contributed by atoms with Crippen molar-refractivity contribution in [3.63, 3.8) is 0 Å². The molecule has 0 bridgehead atoms. The van der Waals surface area contributed by atoms with Crippen LogP contribution in [0.5, 0.6) is 0 Å². The second-order valence-electron chi connectivity index (χ2n) is 6.25. The number of amides is 1. The van der Waals surface area contributed by atoms with Crippen molar-refractivity contribution < 1.29 is 9.18 Å². The van der Waals surface area contributed by atoms with Gasteiger partial charge < -0.3 is 10.6 Å². The minimum absolute atomic E-state index is 0.0345. The summed E-state index contributed by atoms with van der Waals surface area (Å²) in [5, 5.41) is 5.95. The summed E-state index contributed by atoms with van der Waals surface area (Å²) < 4.78 is 13.5. The second kappa shape index (κ2) is 8.40. The normalized spacial score (nSPS) is 11.7. The maximum atomic E-state index is 13.5. The van der Waals surface area contributed by atoms with Crippen LogP contribution < -0.4 is 10.6 Å². The van der Waals surface area contributed by atoms with Gasteiger partial charge in [-0.25, -0.2) is 14.4 Å². The molecule has 2 N–H and O–H groups in total. The lowest BCUT2D eigenvalue weighted by Gasteiger charge is -2.13. The van der Waals surface area contributed by atoms with Gasteiger partial charge in [-0.3, -0.25) is 4.79 Å². The third kappa shape index (κ3) is 4.88. The number of nitrogens with zero attached hydrogens (tertiary/aromatic N) is 2. The molecule has 3 aromatic rings. The predicted octanol–water partition coefficient (Wildman–Crippen LogP) is 4.55. The number of rotatable bonds is 6. The van der Waals surface area contributed by atoms with Gasteiger partial charge in [-0.05, 0) is 31.5 Å². The van der Waals surface area contributed by atoms with Crippen LogP contribution in [-0.2, 0) is 0 Å². The van der Waals surface area contributed by atoms with Crippen molar-refractivity contribution in [2.45, 2.75) is 26.3 Å². The molecule has 0 aliphatic rings. The fourth-order valence-corrected chi connectivity index (χ4v) is 2.46. The Morgan fingerprint density at radius 1 is 1.07 bits per heavy atom. The number of carbonyl (C=O) groups is 1. The highest BCUT2D eigenvalue weighted by Gasteiger charge is 2.15. The van der Waals surface area contributed by atoms with E-state index in [-0.39, 0.29) is 23.5 Å². The molecule has 1 heterocycles. The fourth-order valence-electron chi connectivity index (χ4n) is 2.46. The van der Waals surface area contributed by atoms with E-state index in [1.807, 2.05) is 44.2 Å². The smallest absolute Gasteiger partial charge is 0.270 e. The van der Waals surface area contributed by atoms with Gasteiger partial charge in [0.1, 0.15) is 17.3 Å². The quantitative estimate of drug-likeness (QED) is 0.673. The highest BCUT2D eigenvalue weighted by molar-refractivity contribution is 5.93. The van der Waals surface area contributed by atoms with Crippen molar-refractivity contribution in [2.24, 2.45) is 0 Å². The third-order valence-corrected chi connectivity index (χ3v) is 4.08. The Balaban J connectivity index is 1.99. The topological polar surface area (TPSA) is 66.9 Å². The first-order chi connectivity index (χ1) is 13.0. The summed E-state index contributed by atoms with van der Waals surface area (Å²) in [6.45, 7) is 3.93. The number of hydrogen-bond acceptors (Lipinski definition) is 4. The van der Waals surface area contributed by atoms with Crippen LogP contribution in [0.25, 0.3) is 11.4 Å². The van der Waals surface area contributed by atoms with E-state index in [1.165, 1.54) is 12.1 Å². The van der Waals surface area contributed by atoms with E-state index < -0.39 is 0 Å². The molecule has 5 nitrogen and oxygen atoms in total.